The lowest BCUT2D eigenvalue weighted by atomic mass is 10.1. The Hall–Kier alpha value is -2.55. The summed E-state index contributed by atoms with van der Waals surface area (Å²) in [7, 11) is 0. The maximum absolute atomic E-state index is 4.40. The molecule has 22 heavy (non-hydrogen) atoms. The van der Waals surface area contributed by atoms with Gasteiger partial charge in [-0.3, -0.25) is 0 Å². The maximum Gasteiger partial charge on any atom is 0.300 e. The molecule has 0 aliphatic rings. The summed E-state index contributed by atoms with van der Waals surface area (Å²) in [6, 6.07) is 12.7. The fourth-order valence-corrected chi connectivity index (χ4v) is 2.82. The van der Waals surface area contributed by atoms with E-state index < -0.39 is 0 Å². The van der Waals surface area contributed by atoms with Gasteiger partial charge in [0.2, 0.25) is 5.69 Å². The molecule has 3 heteroatoms. The normalized spacial score (nSPS) is 10.7. The molecule has 0 saturated carbocycles. The Balaban J connectivity index is 2.28. The summed E-state index contributed by atoms with van der Waals surface area (Å²) in [5, 5.41) is 0. The van der Waals surface area contributed by atoms with Gasteiger partial charge in [0.25, 0.3) is 5.82 Å². The van der Waals surface area contributed by atoms with Crippen LogP contribution in [0, 0.1) is 27.7 Å². The van der Waals surface area contributed by atoms with E-state index in [2.05, 4.69) is 77.6 Å². The zero-order valence-corrected chi connectivity index (χ0v) is 13.5. The minimum Gasteiger partial charge on any atom is -0.200 e. The molecule has 2 aromatic heterocycles. The van der Waals surface area contributed by atoms with E-state index in [9.17, 15) is 0 Å². The van der Waals surface area contributed by atoms with Crippen LogP contribution in [0.15, 0.2) is 55.0 Å². The van der Waals surface area contributed by atoms with E-state index in [1.165, 1.54) is 28.2 Å². The summed E-state index contributed by atoms with van der Waals surface area (Å²) in [6.45, 7) is 8.47. The molecule has 1 aromatic carbocycles. The van der Waals surface area contributed by atoms with E-state index in [1.54, 1.807) is 0 Å². The van der Waals surface area contributed by atoms with Crippen LogP contribution in [0.4, 0.5) is 0 Å². The van der Waals surface area contributed by atoms with Crippen LogP contribution in [0.1, 0.15) is 22.6 Å². The van der Waals surface area contributed by atoms with Crippen LogP contribution >= 0.6 is 0 Å². The standard InChI is InChI=1S/C19H21N3/c1-14-12-18(21-10-6-5-8-15(21)2)16(3)19(13-14)22-11-7-9-20-17(22)4/h5-13H,1-4H3/q+2. The van der Waals surface area contributed by atoms with Gasteiger partial charge in [0, 0.05) is 38.1 Å². The minimum absolute atomic E-state index is 0.983. The Kier molecular flexibility index (Phi) is 3.72. The SMILES string of the molecule is Cc1cc(-[n+]2ccccc2C)c(C)c(-[n+]2cccnc2C)c1. The quantitative estimate of drug-likeness (QED) is 0.665. The molecule has 2 heterocycles. The summed E-state index contributed by atoms with van der Waals surface area (Å²) < 4.78 is 4.38. The smallest absolute Gasteiger partial charge is 0.200 e. The van der Waals surface area contributed by atoms with Gasteiger partial charge >= 0.3 is 0 Å². The van der Waals surface area contributed by atoms with Gasteiger partial charge in [-0.1, -0.05) is 11.1 Å². The Labute approximate surface area is 131 Å². The van der Waals surface area contributed by atoms with Crippen molar-refractivity contribution in [1.82, 2.24) is 4.98 Å². The Morgan fingerprint density at radius 1 is 0.818 bits per heavy atom. The monoisotopic (exact) mass is 291 g/mol. The Bertz CT molecular complexity index is 771. The minimum atomic E-state index is 0.983. The highest BCUT2D eigenvalue weighted by Crippen LogP contribution is 2.17. The van der Waals surface area contributed by atoms with Crippen molar-refractivity contribution in [3.8, 4) is 11.4 Å². The van der Waals surface area contributed by atoms with Crippen LogP contribution in [0.3, 0.4) is 0 Å². The molecule has 0 aliphatic heterocycles. The maximum atomic E-state index is 4.40. The number of nitrogens with zero attached hydrogens (tertiary/aromatic N) is 3. The zero-order valence-electron chi connectivity index (χ0n) is 13.5. The van der Waals surface area contributed by atoms with Crippen LogP contribution in [0.5, 0.6) is 0 Å². The van der Waals surface area contributed by atoms with Crippen molar-refractivity contribution in [2.75, 3.05) is 0 Å². The van der Waals surface area contributed by atoms with Crippen molar-refractivity contribution in [1.29, 1.82) is 0 Å². The van der Waals surface area contributed by atoms with Gasteiger partial charge in [-0.2, -0.15) is 9.13 Å². The van der Waals surface area contributed by atoms with E-state index in [1.807, 2.05) is 19.2 Å². The molecule has 0 fully saturated rings. The number of aromatic nitrogens is 3. The number of aryl methyl sites for hydroxylation is 3. The number of hydrogen-bond acceptors (Lipinski definition) is 1. The third-order valence-corrected chi connectivity index (χ3v) is 4.01. The second kappa shape index (κ2) is 5.68. The molecule has 0 bridgehead atoms. The largest absolute Gasteiger partial charge is 0.300 e. The zero-order chi connectivity index (χ0) is 15.7. The van der Waals surface area contributed by atoms with Gasteiger partial charge in [-0.15, -0.1) is 0 Å². The molecule has 0 saturated heterocycles. The molecular formula is C19H21N3+2. The highest BCUT2D eigenvalue weighted by Gasteiger charge is 2.20. The fourth-order valence-electron chi connectivity index (χ4n) is 2.82. The van der Waals surface area contributed by atoms with Gasteiger partial charge < -0.3 is 0 Å². The first kappa shape index (κ1) is 14.4. The van der Waals surface area contributed by atoms with Crippen molar-refractivity contribution >= 4 is 0 Å². The van der Waals surface area contributed by atoms with Gasteiger partial charge in [0.15, 0.2) is 11.9 Å². The first-order valence-electron chi connectivity index (χ1n) is 7.50. The van der Waals surface area contributed by atoms with Crippen LogP contribution in [-0.2, 0) is 0 Å². The average molecular weight is 291 g/mol. The summed E-state index contributed by atoms with van der Waals surface area (Å²) in [6.07, 6.45) is 6.01. The molecule has 3 aromatic rings. The van der Waals surface area contributed by atoms with Crippen molar-refractivity contribution in [2.24, 2.45) is 0 Å². The van der Waals surface area contributed by atoms with Crippen molar-refractivity contribution < 1.29 is 9.13 Å². The van der Waals surface area contributed by atoms with Gasteiger partial charge in [-0.25, -0.2) is 0 Å². The Morgan fingerprint density at radius 2 is 1.50 bits per heavy atom. The molecule has 3 nitrogen and oxygen atoms in total. The molecule has 110 valence electrons. The van der Waals surface area contributed by atoms with Gasteiger partial charge in [0.05, 0.1) is 5.56 Å². The van der Waals surface area contributed by atoms with Crippen molar-refractivity contribution in [2.45, 2.75) is 27.7 Å². The lowest BCUT2D eigenvalue weighted by Crippen LogP contribution is -2.39. The fraction of sp³-hybridized carbons (Fsp3) is 0.211. The van der Waals surface area contributed by atoms with Crippen LogP contribution in [0.2, 0.25) is 0 Å². The summed E-state index contributed by atoms with van der Waals surface area (Å²) >= 11 is 0. The molecule has 0 unspecified atom stereocenters. The van der Waals surface area contributed by atoms with Crippen LogP contribution in [0.25, 0.3) is 11.4 Å². The number of benzene rings is 1. The molecule has 0 amide bonds. The molecular weight excluding hydrogens is 270 g/mol. The molecule has 0 spiro atoms. The molecule has 0 aliphatic carbocycles. The van der Waals surface area contributed by atoms with E-state index in [4.69, 9.17) is 0 Å². The van der Waals surface area contributed by atoms with Gasteiger partial charge in [0.1, 0.15) is 18.1 Å². The predicted molar refractivity (Wildman–Crippen MR) is 86.2 cm³/mol. The summed E-state index contributed by atoms with van der Waals surface area (Å²) in [5.74, 6) is 0.983. The van der Waals surface area contributed by atoms with Crippen molar-refractivity contribution in [3.63, 3.8) is 0 Å². The van der Waals surface area contributed by atoms with E-state index >= 15 is 0 Å². The van der Waals surface area contributed by atoms with E-state index in [-0.39, 0.29) is 0 Å². The molecule has 3 rings (SSSR count). The number of rotatable bonds is 2. The van der Waals surface area contributed by atoms with Crippen LogP contribution < -0.4 is 9.13 Å². The second-order valence-corrected chi connectivity index (χ2v) is 5.68. The third kappa shape index (κ3) is 2.50. The van der Waals surface area contributed by atoms with Crippen molar-refractivity contribution in [3.05, 3.63) is 77.6 Å². The van der Waals surface area contributed by atoms with Crippen LogP contribution in [-0.4, -0.2) is 4.98 Å². The Morgan fingerprint density at radius 3 is 2.18 bits per heavy atom. The average Bonchev–Trinajstić information content (AvgIpc) is 2.51. The predicted octanol–water partition coefficient (Wildman–Crippen LogP) is 2.87. The molecule has 0 radical (unpaired) electrons. The first-order valence-corrected chi connectivity index (χ1v) is 7.50. The number of hydrogen-bond donors (Lipinski definition) is 0. The highest BCUT2D eigenvalue weighted by molar-refractivity contribution is 5.47. The second-order valence-electron chi connectivity index (χ2n) is 5.68. The number of pyridine rings is 1. The van der Waals surface area contributed by atoms with Gasteiger partial charge in [-0.05, 0) is 25.5 Å². The molecule has 0 N–H and O–H groups in total. The molecule has 0 atom stereocenters. The highest BCUT2D eigenvalue weighted by atomic mass is 15.0. The summed E-state index contributed by atoms with van der Waals surface area (Å²) in [5.41, 5.74) is 6.09. The third-order valence-electron chi connectivity index (χ3n) is 4.01. The van der Waals surface area contributed by atoms with E-state index in [0.717, 1.165) is 5.82 Å². The first-order chi connectivity index (χ1) is 10.6. The topological polar surface area (TPSA) is 20.6 Å². The summed E-state index contributed by atoms with van der Waals surface area (Å²) in [4.78, 5) is 4.40. The lowest BCUT2D eigenvalue weighted by molar-refractivity contribution is -0.613. The van der Waals surface area contributed by atoms with E-state index in [0.29, 0.717) is 0 Å². The lowest BCUT2D eigenvalue weighted by Gasteiger charge is -2.09.